The Kier molecular flexibility index (Phi) is 3.66. The zero-order valence-electron chi connectivity index (χ0n) is 12.5. The molecule has 1 aliphatic carbocycles. The van der Waals surface area contributed by atoms with E-state index in [1.54, 1.807) is 31.8 Å². The lowest BCUT2D eigenvalue weighted by Gasteiger charge is -2.08. The van der Waals surface area contributed by atoms with Gasteiger partial charge in [0.25, 0.3) is 0 Å². The quantitative estimate of drug-likeness (QED) is 0.667. The Hall–Kier alpha value is -2.48. The van der Waals surface area contributed by atoms with Crippen LogP contribution in [0, 0.1) is 0 Å². The topological polar surface area (TPSA) is 78.6 Å². The number of methoxy groups -OCH3 is 1. The van der Waals surface area contributed by atoms with Gasteiger partial charge >= 0.3 is 0 Å². The summed E-state index contributed by atoms with van der Waals surface area (Å²) in [6.07, 6.45) is 7.49. The molecule has 0 radical (unpaired) electrons. The molecular formula is C15H14N6OS. The van der Waals surface area contributed by atoms with Gasteiger partial charge in [-0.2, -0.15) is 4.98 Å². The molecule has 3 aromatic heterocycles. The molecule has 7 nitrogen and oxygen atoms in total. The van der Waals surface area contributed by atoms with E-state index in [9.17, 15) is 0 Å². The SMILES string of the molecule is COc1ccnc(Sc2nnc(-c3ccncc3)n2C2CC2)n1. The smallest absolute Gasteiger partial charge is 0.217 e. The van der Waals surface area contributed by atoms with Crippen LogP contribution in [-0.2, 0) is 0 Å². The number of aromatic nitrogens is 6. The van der Waals surface area contributed by atoms with Crippen molar-refractivity contribution in [2.45, 2.75) is 29.2 Å². The van der Waals surface area contributed by atoms with Crippen LogP contribution in [0.15, 0.2) is 47.1 Å². The summed E-state index contributed by atoms with van der Waals surface area (Å²) in [4.78, 5) is 12.7. The van der Waals surface area contributed by atoms with Crippen LogP contribution < -0.4 is 4.74 Å². The monoisotopic (exact) mass is 326 g/mol. The first-order valence-corrected chi connectivity index (χ1v) is 8.07. The number of rotatable bonds is 5. The molecule has 0 bridgehead atoms. The number of hydrogen-bond donors (Lipinski definition) is 0. The van der Waals surface area contributed by atoms with Gasteiger partial charge in [-0.3, -0.25) is 9.55 Å². The third kappa shape index (κ3) is 2.89. The van der Waals surface area contributed by atoms with Crippen molar-refractivity contribution in [3.05, 3.63) is 36.8 Å². The molecule has 1 aliphatic rings. The second kappa shape index (κ2) is 5.96. The molecule has 23 heavy (non-hydrogen) atoms. The van der Waals surface area contributed by atoms with Crippen molar-refractivity contribution in [1.82, 2.24) is 29.7 Å². The number of nitrogens with zero attached hydrogens (tertiary/aromatic N) is 6. The van der Waals surface area contributed by atoms with Crippen molar-refractivity contribution in [3.63, 3.8) is 0 Å². The van der Waals surface area contributed by atoms with E-state index in [1.165, 1.54) is 11.8 Å². The van der Waals surface area contributed by atoms with Crippen molar-refractivity contribution >= 4 is 11.8 Å². The van der Waals surface area contributed by atoms with E-state index in [2.05, 4.69) is 29.7 Å². The van der Waals surface area contributed by atoms with Gasteiger partial charge in [-0.05, 0) is 36.7 Å². The summed E-state index contributed by atoms with van der Waals surface area (Å²) >= 11 is 1.40. The molecular weight excluding hydrogens is 312 g/mol. The average Bonchev–Trinajstić information content (AvgIpc) is 3.36. The lowest BCUT2D eigenvalue weighted by molar-refractivity contribution is 0.392. The highest BCUT2D eigenvalue weighted by molar-refractivity contribution is 7.99. The minimum absolute atomic E-state index is 0.446. The summed E-state index contributed by atoms with van der Waals surface area (Å²) in [5.74, 6) is 1.40. The Morgan fingerprint density at radius 3 is 2.70 bits per heavy atom. The Morgan fingerprint density at radius 1 is 1.13 bits per heavy atom. The number of hydrogen-bond acceptors (Lipinski definition) is 7. The largest absolute Gasteiger partial charge is 0.481 e. The van der Waals surface area contributed by atoms with Crippen molar-refractivity contribution in [1.29, 1.82) is 0 Å². The van der Waals surface area contributed by atoms with Crippen molar-refractivity contribution in [2.75, 3.05) is 7.11 Å². The Morgan fingerprint density at radius 2 is 1.96 bits per heavy atom. The molecule has 0 unspecified atom stereocenters. The maximum absolute atomic E-state index is 5.14. The van der Waals surface area contributed by atoms with Gasteiger partial charge in [0.1, 0.15) is 0 Å². The molecule has 1 saturated carbocycles. The zero-order valence-corrected chi connectivity index (χ0v) is 13.3. The first kappa shape index (κ1) is 14.1. The van der Waals surface area contributed by atoms with E-state index >= 15 is 0 Å². The molecule has 0 spiro atoms. The van der Waals surface area contributed by atoms with E-state index in [0.29, 0.717) is 17.1 Å². The summed E-state index contributed by atoms with van der Waals surface area (Å²) in [5.41, 5.74) is 1.01. The molecule has 3 aromatic rings. The van der Waals surface area contributed by atoms with E-state index in [-0.39, 0.29) is 0 Å². The van der Waals surface area contributed by atoms with Gasteiger partial charge in [0.15, 0.2) is 16.1 Å². The van der Waals surface area contributed by atoms with Crippen LogP contribution in [0.3, 0.4) is 0 Å². The highest BCUT2D eigenvalue weighted by atomic mass is 32.2. The van der Waals surface area contributed by atoms with E-state index in [0.717, 1.165) is 29.4 Å². The fourth-order valence-corrected chi connectivity index (χ4v) is 3.10. The maximum Gasteiger partial charge on any atom is 0.217 e. The number of pyridine rings is 1. The number of ether oxygens (including phenoxy) is 1. The molecule has 0 atom stereocenters. The fraction of sp³-hybridized carbons (Fsp3) is 0.267. The molecule has 8 heteroatoms. The molecule has 0 aliphatic heterocycles. The minimum Gasteiger partial charge on any atom is -0.481 e. The standard InChI is InChI=1S/C15H14N6OS/c1-22-12-6-9-17-14(18-12)23-15-20-19-13(21(15)11-2-3-11)10-4-7-16-8-5-10/h4-9,11H,2-3H2,1H3. The minimum atomic E-state index is 0.446. The van der Waals surface area contributed by atoms with Gasteiger partial charge < -0.3 is 4.74 Å². The summed E-state index contributed by atoms with van der Waals surface area (Å²) in [7, 11) is 1.59. The van der Waals surface area contributed by atoms with Gasteiger partial charge in [0, 0.05) is 36.3 Å². The van der Waals surface area contributed by atoms with Crippen LogP contribution in [0.2, 0.25) is 0 Å². The third-order valence-electron chi connectivity index (χ3n) is 3.51. The van der Waals surface area contributed by atoms with Crippen molar-refractivity contribution in [3.8, 4) is 17.3 Å². The molecule has 3 heterocycles. The zero-order chi connectivity index (χ0) is 15.6. The van der Waals surface area contributed by atoms with Gasteiger partial charge in [-0.15, -0.1) is 10.2 Å². The van der Waals surface area contributed by atoms with Crippen LogP contribution in [0.1, 0.15) is 18.9 Å². The van der Waals surface area contributed by atoms with Crippen molar-refractivity contribution < 1.29 is 4.74 Å². The van der Waals surface area contributed by atoms with Gasteiger partial charge in [0.05, 0.1) is 7.11 Å². The summed E-state index contributed by atoms with van der Waals surface area (Å²) in [6.45, 7) is 0. The maximum atomic E-state index is 5.14. The van der Waals surface area contributed by atoms with E-state index in [4.69, 9.17) is 4.74 Å². The molecule has 1 fully saturated rings. The highest BCUT2D eigenvalue weighted by Gasteiger charge is 2.30. The van der Waals surface area contributed by atoms with E-state index < -0.39 is 0 Å². The third-order valence-corrected chi connectivity index (χ3v) is 4.35. The highest BCUT2D eigenvalue weighted by Crippen LogP contribution is 2.41. The van der Waals surface area contributed by atoms with Crippen LogP contribution in [0.5, 0.6) is 5.88 Å². The van der Waals surface area contributed by atoms with Crippen LogP contribution in [0.25, 0.3) is 11.4 Å². The molecule has 0 aromatic carbocycles. The van der Waals surface area contributed by atoms with Crippen LogP contribution >= 0.6 is 11.8 Å². The predicted octanol–water partition coefficient (Wildman–Crippen LogP) is 2.62. The second-order valence-corrected chi connectivity index (χ2v) is 6.06. The lowest BCUT2D eigenvalue weighted by Crippen LogP contribution is -2.00. The molecule has 4 rings (SSSR count). The lowest BCUT2D eigenvalue weighted by atomic mass is 10.2. The van der Waals surface area contributed by atoms with Gasteiger partial charge in [-0.1, -0.05) is 0 Å². The second-order valence-electron chi connectivity index (χ2n) is 5.13. The Labute approximate surface area is 137 Å². The van der Waals surface area contributed by atoms with Gasteiger partial charge in [-0.25, -0.2) is 4.98 Å². The van der Waals surface area contributed by atoms with Crippen molar-refractivity contribution in [2.24, 2.45) is 0 Å². The Balaban J connectivity index is 1.70. The summed E-state index contributed by atoms with van der Waals surface area (Å²) in [5, 5.41) is 10.1. The van der Waals surface area contributed by atoms with E-state index in [1.807, 2.05) is 12.1 Å². The first-order valence-electron chi connectivity index (χ1n) is 7.25. The molecule has 0 N–H and O–H groups in total. The van der Waals surface area contributed by atoms with Gasteiger partial charge in [0.2, 0.25) is 5.88 Å². The molecule has 0 saturated heterocycles. The Bertz CT molecular complexity index is 818. The predicted molar refractivity (Wildman–Crippen MR) is 84.2 cm³/mol. The molecule has 116 valence electrons. The van der Waals surface area contributed by atoms with Crippen LogP contribution in [0.4, 0.5) is 0 Å². The van der Waals surface area contributed by atoms with Crippen LogP contribution in [-0.4, -0.2) is 36.8 Å². The average molecular weight is 326 g/mol. The first-order chi connectivity index (χ1) is 11.3. The normalized spacial score (nSPS) is 14.0. The summed E-state index contributed by atoms with van der Waals surface area (Å²) < 4.78 is 7.31. The molecule has 0 amide bonds. The fourth-order valence-electron chi connectivity index (χ4n) is 2.28. The summed E-state index contributed by atoms with van der Waals surface area (Å²) in [6, 6.07) is 6.05.